The number of amides is 1. The van der Waals surface area contributed by atoms with Gasteiger partial charge in [0.25, 0.3) is 0 Å². The first kappa shape index (κ1) is 18.8. The quantitative estimate of drug-likeness (QED) is 0.728. The zero-order valence-corrected chi connectivity index (χ0v) is 16.0. The minimum absolute atomic E-state index is 0.201. The van der Waals surface area contributed by atoms with Gasteiger partial charge in [0.1, 0.15) is 17.5 Å². The molecule has 7 nitrogen and oxygen atoms in total. The Bertz CT molecular complexity index is 868. The van der Waals surface area contributed by atoms with Crippen LogP contribution in [-0.4, -0.2) is 54.0 Å². The number of rotatable bonds is 5. The van der Waals surface area contributed by atoms with Gasteiger partial charge in [-0.15, -0.1) is 0 Å². The Hall–Kier alpha value is -2.58. The summed E-state index contributed by atoms with van der Waals surface area (Å²) in [6.07, 6.45) is 1.82. The number of nitrogens with one attached hydrogen (secondary N) is 3. The molecule has 2 aliphatic rings. The van der Waals surface area contributed by atoms with Crippen molar-refractivity contribution < 1.29 is 9.18 Å². The topological polar surface area (TPSA) is 82.2 Å². The summed E-state index contributed by atoms with van der Waals surface area (Å²) < 4.78 is 13.7. The number of hydrogen-bond acceptors (Lipinski definition) is 6. The molecule has 1 fully saturated rings. The normalized spacial score (nSPS) is 19.3. The first-order valence-electron chi connectivity index (χ1n) is 9.69. The van der Waals surface area contributed by atoms with Gasteiger partial charge in [-0.05, 0) is 31.5 Å². The van der Waals surface area contributed by atoms with Crippen molar-refractivity contribution in [2.45, 2.75) is 25.3 Å². The van der Waals surface area contributed by atoms with Crippen molar-refractivity contribution in [1.29, 1.82) is 0 Å². The third-order valence-electron chi connectivity index (χ3n) is 5.34. The Morgan fingerprint density at radius 2 is 2.21 bits per heavy atom. The number of aromatic nitrogens is 2. The van der Waals surface area contributed by atoms with E-state index in [1.807, 2.05) is 11.9 Å². The summed E-state index contributed by atoms with van der Waals surface area (Å²) in [5.74, 6) is 1.43. The Labute approximate surface area is 163 Å². The highest BCUT2D eigenvalue weighted by Gasteiger charge is 2.27. The number of benzene rings is 1. The van der Waals surface area contributed by atoms with Gasteiger partial charge in [0, 0.05) is 38.2 Å². The maximum atomic E-state index is 13.7. The summed E-state index contributed by atoms with van der Waals surface area (Å²) >= 11 is 0. The number of para-hydroxylation sites is 1. The first-order valence-corrected chi connectivity index (χ1v) is 9.69. The summed E-state index contributed by atoms with van der Waals surface area (Å²) in [5, 5.41) is 9.21. The molecule has 1 saturated heterocycles. The summed E-state index contributed by atoms with van der Waals surface area (Å²) in [7, 11) is 1.88. The number of halogens is 1. The van der Waals surface area contributed by atoms with Gasteiger partial charge in [0.2, 0.25) is 5.91 Å². The average Bonchev–Trinajstić information content (AvgIpc) is 3.23. The van der Waals surface area contributed by atoms with Crippen molar-refractivity contribution in [3.05, 3.63) is 47.2 Å². The molecule has 1 atom stereocenters. The van der Waals surface area contributed by atoms with E-state index < -0.39 is 5.82 Å². The van der Waals surface area contributed by atoms with E-state index in [0.29, 0.717) is 12.5 Å². The van der Waals surface area contributed by atoms with Gasteiger partial charge >= 0.3 is 0 Å². The van der Waals surface area contributed by atoms with Crippen molar-refractivity contribution in [3.8, 4) is 0 Å². The molecule has 0 aliphatic carbocycles. The van der Waals surface area contributed by atoms with Crippen LogP contribution < -0.4 is 16.0 Å². The minimum Gasteiger partial charge on any atom is -0.373 e. The van der Waals surface area contributed by atoms with Crippen LogP contribution in [0.1, 0.15) is 29.4 Å². The lowest BCUT2D eigenvalue weighted by Crippen LogP contribution is -2.38. The number of carbonyl (C=O) groups is 1. The molecule has 1 unspecified atom stereocenters. The van der Waals surface area contributed by atoms with Gasteiger partial charge in [0.05, 0.1) is 17.9 Å². The molecular weight excluding hydrogens is 359 g/mol. The largest absolute Gasteiger partial charge is 0.373 e. The second kappa shape index (κ2) is 8.20. The standard InChI is InChI=1S/C20H25FN6O/c1-22-20-14-7-9-27(12-18(28)24-16-5-3-2-4-15(16)21)11-17(14)25-19(26-20)13-6-8-23-10-13/h2-5,13,23H,6-12H2,1H3,(H,24,28)(H,22,25,26). The lowest BCUT2D eigenvalue weighted by atomic mass is 10.0. The number of hydrogen-bond donors (Lipinski definition) is 3. The van der Waals surface area contributed by atoms with E-state index in [9.17, 15) is 9.18 Å². The molecule has 8 heteroatoms. The van der Waals surface area contributed by atoms with E-state index in [1.165, 1.54) is 6.07 Å². The van der Waals surface area contributed by atoms with Crippen LogP contribution in [0.2, 0.25) is 0 Å². The molecule has 0 bridgehead atoms. The number of fused-ring (bicyclic) bond motifs is 1. The molecule has 2 aromatic rings. The van der Waals surface area contributed by atoms with Crippen molar-refractivity contribution >= 4 is 17.4 Å². The fraction of sp³-hybridized carbons (Fsp3) is 0.450. The fourth-order valence-electron chi connectivity index (χ4n) is 3.86. The SMILES string of the molecule is CNc1nc(C2CCNC2)nc2c1CCN(CC(=O)Nc1ccccc1F)C2. The van der Waals surface area contributed by atoms with Gasteiger partial charge in [-0.1, -0.05) is 12.1 Å². The number of nitrogens with zero attached hydrogens (tertiary/aromatic N) is 3. The van der Waals surface area contributed by atoms with E-state index in [1.54, 1.807) is 18.2 Å². The minimum atomic E-state index is -0.430. The molecule has 4 rings (SSSR count). The predicted octanol–water partition coefficient (Wildman–Crippen LogP) is 1.73. The van der Waals surface area contributed by atoms with E-state index in [-0.39, 0.29) is 18.1 Å². The third kappa shape index (κ3) is 3.98. The van der Waals surface area contributed by atoms with E-state index >= 15 is 0 Å². The fourth-order valence-corrected chi connectivity index (χ4v) is 3.86. The zero-order chi connectivity index (χ0) is 19.5. The molecule has 1 amide bonds. The number of carbonyl (C=O) groups excluding carboxylic acids is 1. The van der Waals surface area contributed by atoms with Crippen LogP contribution in [0.5, 0.6) is 0 Å². The van der Waals surface area contributed by atoms with Gasteiger partial charge in [-0.25, -0.2) is 14.4 Å². The predicted molar refractivity (Wildman–Crippen MR) is 106 cm³/mol. The van der Waals surface area contributed by atoms with Crippen LogP contribution in [0.3, 0.4) is 0 Å². The molecule has 1 aromatic heterocycles. The van der Waals surface area contributed by atoms with Crippen molar-refractivity contribution in [2.24, 2.45) is 0 Å². The Morgan fingerprint density at radius 1 is 1.36 bits per heavy atom. The van der Waals surface area contributed by atoms with E-state index in [0.717, 1.165) is 55.4 Å². The van der Waals surface area contributed by atoms with Crippen LogP contribution in [-0.2, 0) is 17.8 Å². The Kier molecular flexibility index (Phi) is 5.50. The van der Waals surface area contributed by atoms with Crippen molar-refractivity contribution in [1.82, 2.24) is 20.2 Å². The Morgan fingerprint density at radius 3 is 2.96 bits per heavy atom. The maximum absolute atomic E-state index is 13.7. The second-order valence-corrected chi connectivity index (χ2v) is 7.28. The molecule has 0 saturated carbocycles. The van der Waals surface area contributed by atoms with Crippen molar-refractivity contribution in [2.75, 3.05) is 43.9 Å². The molecule has 28 heavy (non-hydrogen) atoms. The van der Waals surface area contributed by atoms with E-state index in [4.69, 9.17) is 9.97 Å². The summed E-state index contributed by atoms with van der Waals surface area (Å²) in [6.45, 7) is 3.41. The lowest BCUT2D eigenvalue weighted by Gasteiger charge is -2.29. The van der Waals surface area contributed by atoms with Crippen LogP contribution in [0.15, 0.2) is 24.3 Å². The summed E-state index contributed by atoms with van der Waals surface area (Å²) in [5.41, 5.74) is 2.31. The van der Waals surface area contributed by atoms with Crippen LogP contribution in [0, 0.1) is 5.82 Å². The highest BCUT2D eigenvalue weighted by molar-refractivity contribution is 5.92. The molecule has 0 radical (unpaired) electrons. The zero-order valence-electron chi connectivity index (χ0n) is 16.0. The third-order valence-corrected chi connectivity index (χ3v) is 5.34. The van der Waals surface area contributed by atoms with Gasteiger partial charge < -0.3 is 16.0 Å². The number of anilines is 2. The molecule has 1 aromatic carbocycles. The summed E-state index contributed by atoms with van der Waals surface area (Å²) in [4.78, 5) is 24.0. The Balaban J connectivity index is 1.47. The highest BCUT2D eigenvalue weighted by atomic mass is 19.1. The smallest absolute Gasteiger partial charge is 0.238 e. The van der Waals surface area contributed by atoms with Gasteiger partial charge in [-0.3, -0.25) is 9.69 Å². The van der Waals surface area contributed by atoms with Crippen LogP contribution in [0.4, 0.5) is 15.9 Å². The molecule has 2 aliphatic heterocycles. The second-order valence-electron chi connectivity index (χ2n) is 7.28. The molecule has 148 valence electrons. The first-order chi connectivity index (χ1) is 13.6. The van der Waals surface area contributed by atoms with Crippen molar-refractivity contribution in [3.63, 3.8) is 0 Å². The van der Waals surface area contributed by atoms with Crippen LogP contribution >= 0.6 is 0 Å². The average molecular weight is 384 g/mol. The van der Waals surface area contributed by atoms with Gasteiger partial charge in [0.15, 0.2) is 0 Å². The van der Waals surface area contributed by atoms with Crippen LogP contribution in [0.25, 0.3) is 0 Å². The maximum Gasteiger partial charge on any atom is 0.238 e. The molecule has 0 spiro atoms. The lowest BCUT2D eigenvalue weighted by molar-refractivity contribution is -0.117. The summed E-state index contributed by atoms with van der Waals surface area (Å²) in [6, 6.07) is 6.20. The van der Waals surface area contributed by atoms with Gasteiger partial charge in [-0.2, -0.15) is 0 Å². The highest BCUT2D eigenvalue weighted by Crippen LogP contribution is 2.27. The van der Waals surface area contributed by atoms with E-state index in [2.05, 4.69) is 16.0 Å². The molecule has 3 heterocycles. The molecular formula is C20H25FN6O. The molecule has 3 N–H and O–H groups in total. The monoisotopic (exact) mass is 384 g/mol.